The fraction of sp³-hybridized carbons (Fsp3) is 0. The summed E-state index contributed by atoms with van der Waals surface area (Å²) in [6.07, 6.45) is 1.68. The summed E-state index contributed by atoms with van der Waals surface area (Å²) in [5, 5.41) is 8.17. The Morgan fingerprint density at radius 1 is 0.632 bits per heavy atom. The molecule has 0 saturated heterocycles. The predicted molar refractivity (Wildman–Crippen MR) is 76.7 cm³/mol. The number of nitrogens with zero attached hydrogens (tertiary/aromatic N) is 3. The molecule has 1 heterocycles. The third kappa shape index (κ3) is 2.45. The zero-order valence-electron chi connectivity index (χ0n) is 10.3. The quantitative estimate of drug-likeness (QED) is 0.701. The summed E-state index contributed by atoms with van der Waals surface area (Å²) in [6.45, 7) is 0. The average Bonchev–Trinajstić information content (AvgIpc) is 2.51. The maximum Gasteiger partial charge on any atom is 0.160 e. The van der Waals surface area contributed by atoms with Gasteiger partial charge in [-0.2, -0.15) is 5.10 Å². The Morgan fingerprint density at radius 3 is 1.68 bits per heavy atom. The number of hydrogen-bond acceptors (Lipinski definition) is 3. The number of benzene rings is 2. The van der Waals surface area contributed by atoms with Crippen LogP contribution in [0.2, 0.25) is 0 Å². The van der Waals surface area contributed by atoms with E-state index in [1.807, 2.05) is 48.5 Å². The van der Waals surface area contributed by atoms with E-state index < -0.39 is 0 Å². The molecule has 0 N–H and O–H groups in total. The summed E-state index contributed by atoms with van der Waals surface area (Å²) in [5.41, 5.74) is 2.13. The summed E-state index contributed by atoms with van der Waals surface area (Å²) in [5.74, 6) is 0.805. The highest BCUT2D eigenvalue weighted by atomic mass is 15.3. The molecule has 1 aromatic heterocycles. The minimum Gasteiger partial charge on any atom is -0.294 e. The molecule has 0 radical (unpaired) electrons. The molecule has 0 fully saturated rings. The van der Waals surface area contributed by atoms with Gasteiger partial charge in [-0.1, -0.05) is 36.4 Å². The molecule has 0 spiro atoms. The van der Waals surface area contributed by atoms with Crippen LogP contribution in [0, 0.1) is 0 Å². The van der Waals surface area contributed by atoms with Crippen molar-refractivity contribution < 1.29 is 0 Å². The molecule has 2 aromatic carbocycles. The second-order valence-electron chi connectivity index (χ2n) is 4.09. The Balaban J connectivity index is 2.12. The summed E-state index contributed by atoms with van der Waals surface area (Å²) >= 11 is 0. The van der Waals surface area contributed by atoms with Crippen LogP contribution in [0.3, 0.4) is 0 Å². The molecule has 3 rings (SSSR count). The van der Waals surface area contributed by atoms with Gasteiger partial charge in [0.25, 0.3) is 0 Å². The molecule has 3 heteroatoms. The van der Waals surface area contributed by atoms with E-state index in [9.17, 15) is 0 Å². The van der Waals surface area contributed by atoms with Crippen molar-refractivity contribution in [2.75, 3.05) is 4.90 Å². The highest BCUT2D eigenvalue weighted by Gasteiger charge is 2.12. The smallest absolute Gasteiger partial charge is 0.160 e. The lowest BCUT2D eigenvalue weighted by Crippen LogP contribution is -2.11. The van der Waals surface area contributed by atoms with Crippen LogP contribution < -0.4 is 4.90 Å². The lowest BCUT2D eigenvalue weighted by atomic mass is 10.2. The monoisotopic (exact) mass is 247 g/mol. The molecule has 0 aliphatic carbocycles. The van der Waals surface area contributed by atoms with Gasteiger partial charge in [0.15, 0.2) is 5.82 Å². The fourth-order valence-corrected chi connectivity index (χ4v) is 1.98. The number of para-hydroxylation sites is 2. The predicted octanol–water partition coefficient (Wildman–Crippen LogP) is 3.95. The van der Waals surface area contributed by atoms with Crippen LogP contribution in [0.4, 0.5) is 17.2 Å². The van der Waals surface area contributed by atoms with Gasteiger partial charge in [0, 0.05) is 17.6 Å². The Morgan fingerprint density at radius 2 is 1.21 bits per heavy atom. The van der Waals surface area contributed by atoms with Gasteiger partial charge in [-0.15, -0.1) is 5.10 Å². The number of anilines is 3. The highest BCUT2D eigenvalue weighted by Crippen LogP contribution is 2.31. The Bertz CT molecular complexity index is 530. The summed E-state index contributed by atoms with van der Waals surface area (Å²) in [7, 11) is 0. The fourth-order valence-electron chi connectivity index (χ4n) is 1.98. The first-order chi connectivity index (χ1) is 9.45. The van der Waals surface area contributed by atoms with Crippen molar-refractivity contribution in [1.29, 1.82) is 0 Å². The van der Waals surface area contributed by atoms with Crippen molar-refractivity contribution in [3.63, 3.8) is 0 Å². The zero-order valence-corrected chi connectivity index (χ0v) is 10.3. The van der Waals surface area contributed by atoms with E-state index in [0.29, 0.717) is 0 Å². The normalized spacial score (nSPS) is 10.1. The first-order valence-electron chi connectivity index (χ1n) is 6.13. The highest BCUT2D eigenvalue weighted by molar-refractivity contribution is 5.73. The molecule has 0 atom stereocenters. The molecule has 19 heavy (non-hydrogen) atoms. The largest absolute Gasteiger partial charge is 0.294 e. The minimum atomic E-state index is 0.805. The first kappa shape index (κ1) is 11.4. The summed E-state index contributed by atoms with van der Waals surface area (Å²) in [4.78, 5) is 2.08. The number of aromatic nitrogens is 2. The SMILES string of the molecule is c1ccc(N(c2ccccc2)c2cccnn2)cc1. The van der Waals surface area contributed by atoms with Crippen molar-refractivity contribution >= 4 is 17.2 Å². The third-order valence-electron chi connectivity index (χ3n) is 2.82. The van der Waals surface area contributed by atoms with Gasteiger partial charge in [0.2, 0.25) is 0 Å². The molecule has 3 nitrogen and oxygen atoms in total. The lowest BCUT2D eigenvalue weighted by molar-refractivity contribution is 1.00. The van der Waals surface area contributed by atoms with Gasteiger partial charge in [0.05, 0.1) is 0 Å². The van der Waals surface area contributed by atoms with Crippen LogP contribution in [0.25, 0.3) is 0 Å². The van der Waals surface area contributed by atoms with Crippen molar-refractivity contribution in [2.24, 2.45) is 0 Å². The van der Waals surface area contributed by atoms with E-state index in [2.05, 4.69) is 39.4 Å². The molecule has 92 valence electrons. The summed E-state index contributed by atoms with van der Waals surface area (Å²) < 4.78 is 0. The van der Waals surface area contributed by atoms with Crippen LogP contribution >= 0.6 is 0 Å². The van der Waals surface area contributed by atoms with Crippen molar-refractivity contribution in [1.82, 2.24) is 10.2 Å². The van der Waals surface area contributed by atoms with Gasteiger partial charge in [-0.3, -0.25) is 4.90 Å². The van der Waals surface area contributed by atoms with Crippen molar-refractivity contribution in [3.05, 3.63) is 79.0 Å². The maximum atomic E-state index is 4.21. The van der Waals surface area contributed by atoms with E-state index in [-0.39, 0.29) is 0 Å². The van der Waals surface area contributed by atoms with Gasteiger partial charge < -0.3 is 0 Å². The molecule has 0 bridgehead atoms. The van der Waals surface area contributed by atoms with Crippen LogP contribution in [0.5, 0.6) is 0 Å². The van der Waals surface area contributed by atoms with E-state index in [1.165, 1.54) is 0 Å². The molecule has 0 aliphatic rings. The van der Waals surface area contributed by atoms with E-state index in [4.69, 9.17) is 0 Å². The van der Waals surface area contributed by atoms with E-state index >= 15 is 0 Å². The van der Waals surface area contributed by atoms with Gasteiger partial charge in [-0.25, -0.2) is 0 Å². The molecule has 0 aliphatic heterocycles. The van der Waals surface area contributed by atoms with Gasteiger partial charge in [-0.05, 0) is 36.4 Å². The molecule has 3 aromatic rings. The molecule has 0 unspecified atom stereocenters. The molecular weight excluding hydrogens is 234 g/mol. The second kappa shape index (κ2) is 5.31. The van der Waals surface area contributed by atoms with E-state index in [0.717, 1.165) is 17.2 Å². The Kier molecular flexibility index (Phi) is 3.19. The molecule has 0 amide bonds. The van der Waals surface area contributed by atoms with Crippen molar-refractivity contribution in [3.8, 4) is 0 Å². The van der Waals surface area contributed by atoms with Gasteiger partial charge in [0.1, 0.15) is 0 Å². The standard InChI is InChI=1S/C16H13N3/c1-3-8-14(9-4-1)19(15-10-5-2-6-11-15)16-12-7-13-17-18-16/h1-13H. The maximum absolute atomic E-state index is 4.21. The van der Waals surface area contributed by atoms with E-state index in [1.54, 1.807) is 6.20 Å². The van der Waals surface area contributed by atoms with Crippen LogP contribution in [-0.2, 0) is 0 Å². The van der Waals surface area contributed by atoms with Crippen LogP contribution in [0.15, 0.2) is 79.0 Å². The lowest BCUT2D eigenvalue weighted by Gasteiger charge is -2.23. The first-order valence-corrected chi connectivity index (χ1v) is 6.13. The Labute approximate surface area is 112 Å². The Hall–Kier alpha value is -2.68. The number of hydrogen-bond donors (Lipinski definition) is 0. The second-order valence-corrected chi connectivity index (χ2v) is 4.09. The molecule has 0 saturated carbocycles. The average molecular weight is 247 g/mol. The summed E-state index contributed by atoms with van der Waals surface area (Å²) in [6, 6.07) is 24.1. The third-order valence-corrected chi connectivity index (χ3v) is 2.82. The minimum absolute atomic E-state index is 0.805. The van der Waals surface area contributed by atoms with Crippen LogP contribution in [0.1, 0.15) is 0 Å². The zero-order chi connectivity index (χ0) is 12.9. The van der Waals surface area contributed by atoms with Crippen LogP contribution in [-0.4, -0.2) is 10.2 Å². The van der Waals surface area contributed by atoms with Gasteiger partial charge >= 0.3 is 0 Å². The number of rotatable bonds is 3. The topological polar surface area (TPSA) is 29.0 Å². The van der Waals surface area contributed by atoms with Crippen molar-refractivity contribution in [2.45, 2.75) is 0 Å². The molecular formula is C16H13N3.